The van der Waals surface area contributed by atoms with Crippen LogP contribution in [0.5, 0.6) is 0 Å². The van der Waals surface area contributed by atoms with Crippen LogP contribution in [0.3, 0.4) is 0 Å². The van der Waals surface area contributed by atoms with Crippen molar-refractivity contribution in [2.75, 3.05) is 4.90 Å². The number of nitrogens with one attached hydrogen (secondary N) is 1. The third-order valence-electron chi connectivity index (χ3n) is 3.88. The van der Waals surface area contributed by atoms with Crippen molar-refractivity contribution >= 4 is 46.2 Å². The molecule has 1 aromatic rings. The number of carbonyl (C=O) groups is 4. The smallest absolute Gasteiger partial charge is 0.277 e. The number of hydrazone groups is 1. The van der Waals surface area contributed by atoms with Gasteiger partial charge in [-0.3, -0.25) is 19.2 Å². The van der Waals surface area contributed by atoms with E-state index in [4.69, 9.17) is 0 Å². The summed E-state index contributed by atoms with van der Waals surface area (Å²) in [6.07, 6.45) is 0. The molecule has 0 saturated carbocycles. The van der Waals surface area contributed by atoms with E-state index in [1.165, 1.54) is 20.8 Å². The van der Waals surface area contributed by atoms with Crippen LogP contribution in [0.2, 0.25) is 0 Å². The molecule has 130 valence electrons. The van der Waals surface area contributed by atoms with E-state index in [0.29, 0.717) is 11.3 Å². The maximum absolute atomic E-state index is 13.2. The van der Waals surface area contributed by atoms with Crippen molar-refractivity contribution in [1.82, 2.24) is 10.3 Å². The number of nitrogens with zero attached hydrogens (tertiary/aromatic N) is 3. The molecule has 2 aliphatic heterocycles. The zero-order valence-electron chi connectivity index (χ0n) is 14.1. The molecule has 0 saturated heterocycles. The van der Waals surface area contributed by atoms with Gasteiger partial charge < -0.3 is 5.32 Å². The van der Waals surface area contributed by atoms with Crippen molar-refractivity contribution < 1.29 is 19.2 Å². The van der Waals surface area contributed by atoms with Crippen LogP contribution in [0.1, 0.15) is 31.9 Å². The molecule has 1 atom stereocenters. The van der Waals surface area contributed by atoms with Crippen molar-refractivity contribution in [3.05, 3.63) is 29.3 Å². The maximum Gasteiger partial charge on any atom is 0.277 e. The van der Waals surface area contributed by atoms with Crippen molar-refractivity contribution in [1.29, 1.82) is 0 Å². The van der Waals surface area contributed by atoms with Gasteiger partial charge >= 0.3 is 0 Å². The van der Waals surface area contributed by atoms with E-state index in [-0.39, 0.29) is 11.1 Å². The van der Waals surface area contributed by atoms with Crippen LogP contribution in [0.25, 0.3) is 0 Å². The average molecular weight is 360 g/mol. The summed E-state index contributed by atoms with van der Waals surface area (Å²) in [4.78, 5) is 48.3. The molecule has 0 bridgehead atoms. The summed E-state index contributed by atoms with van der Waals surface area (Å²) in [6, 6.07) is 5.22. The van der Waals surface area contributed by atoms with Crippen molar-refractivity contribution in [3.8, 4) is 0 Å². The van der Waals surface area contributed by atoms with Gasteiger partial charge in [0.2, 0.25) is 22.6 Å². The number of hydrogen-bond donors (Lipinski definition) is 1. The van der Waals surface area contributed by atoms with Gasteiger partial charge in [0.15, 0.2) is 5.17 Å². The zero-order valence-corrected chi connectivity index (χ0v) is 14.9. The lowest BCUT2D eigenvalue weighted by molar-refractivity contribution is -0.140. The molecule has 1 aromatic carbocycles. The summed E-state index contributed by atoms with van der Waals surface area (Å²) in [5.74, 6) is -1.88. The lowest BCUT2D eigenvalue weighted by Gasteiger charge is -2.29. The van der Waals surface area contributed by atoms with E-state index < -0.39 is 22.6 Å². The third-order valence-corrected chi connectivity index (χ3v) is 5.12. The fourth-order valence-electron chi connectivity index (χ4n) is 2.97. The first-order chi connectivity index (χ1) is 11.7. The highest BCUT2D eigenvalue weighted by Gasteiger charge is 2.62. The molecule has 8 nitrogen and oxygen atoms in total. The van der Waals surface area contributed by atoms with Crippen molar-refractivity contribution in [3.63, 3.8) is 0 Å². The van der Waals surface area contributed by atoms with E-state index in [9.17, 15) is 19.2 Å². The zero-order chi connectivity index (χ0) is 18.5. The first-order valence-electron chi connectivity index (χ1n) is 7.50. The van der Waals surface area contributed by atoms with Gasteiger partial charge in [-0.15, -0.1) is 5.10 Å². The minimum absolute atomic E-state index is 0.133. The Kier molecular flexibility index (Phi) is 3.91. The number of rotatable bonds is 0. The first kappa shape index (κ1) is 17.2. The molecule has 25 heavy (non-hydrogen) atoms. The molecule has 0 fully saturated rings. The Bertz CT molecular complexity index is 866. The van der Waals surface area contributed by atoms with Crippen molar-refractivity contribution in [2.45, 2.75) is 32.6 Å². The summed E-state index contributed by atoms with van der Waals surface area (Å²) >= 11 is 0.946. The topological polar surface area (TPSA) is 99.2 Å². The molecular weight excluding hydrogens is 344 g/mol. The highest BCUT2D eigenvalue weighted by atomic mass is 32.2. The lowest BCUT2D eigenvalue weighted by atomic mass is 10.0. The standard InChI is InChI=1S/C16H16N4O4S/c1-8-5-6-13-12(7-8)16(14(24)19(13)10(3)22)20(11(4)23)18-15(25-16)17-9(2)21/h5-7H,1-4H3,(H,17,18,21)/t16-/m0/s1. The summed E-state index contributed by atoms with van der Waals surface area (Å²) in [5.41, 5.74) is 1.78. The Hall–Kier alpha value is -2.68. The third kappa shape index (κ3) is 2.42. The number of aryl methyl sites for hydroxylation is 1. The molecule has 0 aliphatic carbocycles. The second kappa shape index (κ2) is 5.69. The van der Waals surface area contributed by atoms with E-state index in [1.807, 2.05) is 6.92 Å². The van der Waals surface area contributed by atoms with E-state index in [1.54, 1.807) is 18.2 Å². The predicted molar refractivity (Wildman–Crippen MR) is 92.4 cm³/mol. The minimum atomic E-state index is -1.53. The summed E-state index contributed by atoms with van der Waals surface area (Å²) in [7, 11) is 0. The predicted octanol–water partition coefficient (Wildman–Crippen LogP) is 1.04. The summed E-state index contributed by atoms with van der Waals surface area (Å²) in [6.45, 7) is 5.72. The van der Waals surface area contributed by atoms with E-state index in [2.05, 4.69) is 10.4 Å². The Balaban J connectivity index is 2.22. The first-order valence-corrected chi connectivity index (χ1v) is 8.32. The molecular formula is C16H16N4O4S. The van der Waals surface area contributed by atoms with Crippen LogP contribution in [-0.2, 0) is 24.0 Å². The molecule has 1 N–H and O–H groups in total. The van der Waals surface area contributed by atoms with Gasteiger partial charge in [0, 0.05) is 26.3 Å². The highest BCUT2D eigenvalue weighted by Crippen LogP contribution is 2.54. The molecule has 9 heteroatoms. The van der Waals surface area contributed by atoms with E-state index in [0.717, 1.165) is 27.2 Å². The number of imide groups is 1. The lowest BCUT2D eigenvalue weighted by Crippen LogP contribution is -2.49. The maximum atomic E-state index is 13.2. The number of amides is 4. The molecule has 2 heterocycles. The number of amidine groups is 1. The number of thioether (sulfide) groups is 1. The summed E-state index contributed by atoms with van der Waals surface area (Å²) < 4.78 is 0. The van der Waals surface area contributed by atoms with Gasteiger partial charge in [-0.05, 0) is 24.8 Å². The molecule has 0 aromatic heterocycles. The van der Waals surface area contributed by atoms with Crippen LogP contribution in [0, 0.1) is 6.92 Å². The Morgan fingerprint density at radius 2 is 1.84 bits per heavy atom. The van der Waals surface area contributed by atoms with Crippen molar-refractivity contribution in [2.24, 2.45) is 5.10 Å². The van der Waals surface area contributed by atoms with Crippen LogP contribution < -0.4 is 10.2 Å². The van der Waals surface area contributed by atoms with Gasteiger partial charge in [0.25, 0.3) is 5.91 Å². The molecule has 4 amide bonds. The van der Waals surface area contributed by atoms with Gasteiger partial charge in [-0.1, -0.05) is 17.7 Å². The highest BCUT2D eigenvalue weighted by molar-refractivity contribution is 8.15. The fourth-order valence-corrected chi connectivity index (χ4v) is 4.27. The molecule has 0 radical (unpaired) electrons. The van der Waals surface area contributed by atoms with Crippen LogP contribution in [0.4, 0.5) is 5.69 Å². The monoisotopic (exact) mass is 360 g/mol. The van der Waals surface area contributed by atoms with Crippen LogP contribution in [-0.4, -0.2) is 33.8 Å². The van der Waals surface area contributed by atoms with E-state index >= 15 is 0 Å². The SMILES string of the molecule is CC(=O)NC1=NN(C(C)=O)[C@@]2(S1)C(=O)N(C(C)=O)c1ccc(C)cc12. The molecule has 1 spiro atoms. The quantitative estimate of drug-likeness (QED) is 0.745. The number of carbonyl (C=O) groups excluding carboxylic acids is 4. The second-order valence-corrected chi connectivity index (χ2v) is 7.03. The van der Waals surface area contributed by atoms with Gasteiger partial charge in [-0.25, -0.2) is 4.90 Å². The Morgan fingerprint density at radius 3 is 2.40 bits per heavy atom. The molecule has 2 aliphatic rings. The molecule has 0 unspecified atom stereocenters. The Morgan fingerprint density at radius 1 is 1.16 bits per heavy atom. The fraction of sp³-hybridized carbons (Fsp3) is 0.312. The van der Waals surface area contributed by atoms with Crippen LogP contribution >= 0.6 is 11.8 Å². The average Bonchev–Trinajstić information content (AvgIpc) is 2.98. The number of anilines is 1. The largest absolute Gasteiger partial charge is 0.304 e. The van der Waals surface area contributed by atoms with Gasteiger partial charge in [0.1, 0.15) is 0 Å². The Labute approximate surface area is 148 Å². The second-order valence-electron chi connectivity index (χ2n) is 5.84. The van der Waals surface area contributed by atoms with Crippen LogP contribution in [0.15, 0.2) is 23.3 Å². The number of fused-ring (bicyclic) bond motifs is 2. The van der Waals surface area contributed by atoms with Gasteiger partial charge in [-0.2, -0.15) is 5.01 Å². The summed E-state index contributed by atoms with van der Waals surface area (Å²) in [5, 5.41) is 7.79. The minimum Gasteiger partial charge on any atom is -0.304 e. The molecule has 3 rings (SSSR count). The number of hydrogen-bond acceptors (Lipinski definition) is 6. The normalized spacial score (nSPS) is 21.4. The number of benzene rings is 1. The van der Waals surface area contributed by atoms with Gasteiger partial charge in [0.05, 0.1) is 5.69 Å².